The van der Waals surface area contributed by atoms with Crippen molar-refractivity contribution in [3.63, 3.8) is 0 Å². The summed E-state index contributed by atoms with van der Waals surface area (Å²) < 4.78 is 17.9. The Morgan fingerprint density at radius 1 is 1.14 bits per heavy atom. The van der Waals surface area contributed by atoms with Crippen LogP contribution in [-0.2, 0) is 14.3 Å². The minimum Gasteiger partial charge on any atom is -0.493 e. The number of rotatable bonds is 6. The van der Waals surface area contributed by atoms with Crippen molar-refractivity contribution in [1.29, 1.82) is 0 Å². The van der Waals surface area contributed by atoms with Gasteiger partial charge in [-0.15, -0.1) is 0 Å². The number of ether oxygens (including phenoxy) is 3. The molecule has 9 heteroatoms. The smallest absolute Gasteiger partial charge is 0.338 e. The summed E-state index contributed by atoms with van der Waals surface area (Å²) in [6.07, 6.45) is 1.80. The van der Waals surface area contributed by atoms with Crippen LogP contribution in [0.1, 0.15) is 37.9 Å². The van der Waals surface area contributed by atoms with E-state index in [4.69, 9.17) is 14.2 Å². The van der Waals surface area contributed by atoms with Crippen LogP contribution in [0.2, 0.25) is 0 Å². The van der Waals surface area contributed by atoms with E-state index < -0.39 is 18.0 Å². The number of fused-ring (bicyclic) bond motifs is 1. The van der Waals surface area contributed by atoms with Crippen molar-refractivity contribution >= 4 is 29.4 Å². The second kappa shape index (κ2) is 10.1. The second-order valence-corrected chi connectivity index (χ2v) is 8.73. The topological polar surface area (TPSA) is 96.2 Å². The van der Waals surface area contributed by atoms with Gasteiger partial charge in [0.1, 0.15) is 0 Å². The normalized spacial score (nSPS) is 15.3. The molecule has 0 amide bonds. The Morgan fingerprint density at radius 3 is 2.54 bits per heavy atom. The zero-order chi connectivity index (χ0) is 25.1. The second-order valence-electron chi connectivity index (χ2n) is 7.72. The molecule has 0 spiro atoms. The Morgan fingerprint density at radius 2 is 1.89 bits per heavy atom. The molecule has 0 saturated heterocycles. The highest BCUT2D eigenvalue weighted by molar-refractivity contribution is 7.07. The Bertz CT molecular complexity index is 1500. The van der Waals surface area contributed by atoms with E-state index in [-0.39, 0.29) is 23.5 Å². The molecule has 2 aromatic carbocycles. The van der Waals surface area contributed by atoms with E-state index in [1.807, 2.05) is 30.3 Å². The summed E-state index contributed by atoms with van der Waals surface area (Å²) in [7, 11) is 1.45. The monoisotopic (exact) mass is 492 g/mol. The average molecular weight is 493 g/mol. The molecular formula is C26H24N2O6S. The number of esters is 2. The van der Waals surface area contributed by atoms with Gasteiger partial charge in [0.05, 0.1) is 35.6 Å². The summed E-state index contributed by atoms with van der Waals surface area (Å²) in [5.41, 5.74) is 1.90. The quantitative estimate of drug-likeness (QED) is 0.388. The van der Waals surface area contributed by atoms with Crippen molar-refractivity contribution in [1.82, 2.24) is 4.57 Å². The highest BCUT2D eigenvalue weighted by Crippen LogP contribution is 2.36. The third-order valence-electron chi connectivity index (χ3n) is 5.37. The average Bonchev–Trinajstić information content (AvgIpc) is 3.13. The summed E-state index contributed by atoms with van der Waals surface area (Å²) in [5.74, 6) is -0.521. The van der Waals surface area contributed by atoms with Crippen molar-refractivity contribution in [2.24, 2.45) is 4.99 Å². The van der Waals surface area contributed by atoms with E-state index in [2.05, 4.69) is 4.99 Å². The number of allylic oxidation sites excluding steroid dienone is 1. The Labute approximate surface area is 205 Å². The zero-order valence-corrected chi connectivity index (χ0v) is 20.5. The molecule has 4 rings (SSSR count). The summed E-state index contributed by atoms with van der Waals surface area (Å²) in [6.45, 7) is 4.91. The molecule has 0 N–H and O–H groups in total. The van der Waals surface area contributed by atoms with Gasteiger partial charge >= 0.3 is 11.9 Å². The summed E-state index contributed by atoms with van der Waals surface area (Å²) in [5, 5.41) is 0. The van der Waals surface area contributed by atoms with Crippen LogP contribution in [0.4, 0.5) is 0 Å². The SMILES string of the molecule is CCOC(=O)C1=C(C)N=c2sc(=Cc3ccccc3)c(=O)n2C1c1ccc(OC(C)=O)c(OC)c1. The van der Waals surface area contributed by atoms with E-state index in [1.165, 1.54) is 29.9 Å². The van der Waals surface area contributed by atoms with Gasteiger partial charge in [-0.25, -0.2) is 9.79 Å². The van der Waals surface area contributed by atoms with E-state index in [9.17, 15) is 14.4 Å². The molecule has 0 saturated carbocycles. The van der Waals surface area contributed by atoms with Crippen LogP contribution in [0.25, 0.3) is 6.08 Å². The minimum atomic E-state index is -0.802. The number of aromatic nitrogens is 1. The Balaban J connectivity index is 1.95. The minimum absolute atomic E-state index is 0.176. The number of thiazole rings is 1. The number of methoxy groups -OCH3 is 1. The standard InChI is InChI=1S/C26H24N2O6S/c1-5-33-25(31)22-15(2)27-26-28(24(30)21(35-26)13-17-9-7-6-8-10-17)23(22)18-11-12-19(34-16(3)29)20(14-18)32-4/h6-14,23H,5H2,1-4H3. The molecule has 0 radical (unpaired) electrons. The molecule has 180 valence electrons. The van der Waals surface area contributed by atoms with Crippen LogP contribution in [0.5, 0.6) is 11.5 Å². The summed E-state index contributed by atoms with van der Waals surface area (Å²) in [6, 6.07) is 13.6. The van der Waals surface area contributed by atoms with Crippen molar-refractivity contribution in [3.8, 4) is 11.5 Å². The fourth-order valence-electron chi connectivity index (χ4n) is 3.90. The molecule has 2 heterocycles. The molecule has 8 nitrogen and oxygen atoms in total. The predicted molar refractivity (Wildman–Crippen MR) is 131 cm³/mol. The zero-order valence-electron chi connectivity index (χ0n) is 19.7. The first kappa shape index (κ1) is 24.2. The molecule has 1 aromatic heterocycles. The number of nitrogens with zero attached hydrogens (tertiary/aromatic N) is 2. The Hall–Kier alpha value is -3.98. The molecular weight excluding hydrogens is 468 g/mol. The lowest BCUT2D eigenvalue weighted by atomic mass is 9.95. The predicted octanol–water partition coefficient (Wildman–Crippen LogP) is 2.73. The maximum atomic E-state index is 13.6. The molecule has 1 atom stereocenters. The molecule has 0 aliphatic carbocycles. The van der Waals surface area contributed by atoms with Gasteiger partial charge in [-0.2, -0.15) is 0 Å². The van der Waals surface area contributed by atoms with Gasteiger partial charge in [0.25, 0.3) is 5.56 Å². The molecule has 0 bridgehead atoms. The molecule has 1 aliphatic rings. The van der Waals surface area contributed by atoms with E-state index in [1.54, 1.807) is 38.1 Å². The van der Waals surface area contributed by atoms with Gasteiger partial charge < -0.3 is 14.2 Å². The van der Waals surface area contributed by atoms with Crippen LogP contribution in [0, 0.1) is 0 Å². The molecule has 1 unspecified atom stereocenters. The maximum absolute atomic E-state index is 13.6. The van der Waals surface area contributed by atoms with Gasteiger partial charge in [-0.05, 0) is 43.2 Å². The van der Waals surface area contributed by atoms with Gasteiger partial charge in [0.15, 0.2) is 16.3 Å². The summed E-state index contributed by atoms with van der Waals surface area (Å²) in [4.78, 5) is 43.1. The van der Waals surface area contributed by atoms with Gasteiger partial charge in [-0.3, -0.25) is 14.2 Å². The van der Waals surface area contributed by atoms with Crippen LogP contribution >= 0.6 is 11.3 Å². The third kappa shape index (κ3) is 4.81. The maximum Gasteiger partial charge on any atom is 0.338 e. The lowest BCUT2D eigenvalue weighted by molar-refractivity contribution is -0.139. The fourth-order valence-corrected chi connectivity index (χ4v) is 4.95. The summed E-state index contributed by atoms with van der Waals surface area (Å²) >= 11 is 1.25. The van der Waals surface area contributed by atoms with Crippen molar-refractivity contribution < 1.29 is 23.8 Å². The first-order valence-corrected chi connectivity index (χ1v) is 11.8. The molecule has 1 aliphatic heterocycles. The Kier molecular flexibility index (Phi) is 6.97. The molecule has 0 fully saturated rings. The number of benzene rings is 2. The molecule has 3 aromatic rings. The largest absolute Gasteiger partial charge is 0.493 e. The van der Waals surface area contributed by atoms with Crippen LogP contribution in [-0.4, -0.2) is 30.2 Å². The van der Waals surface area contributed by atoms with Crippen LogP contribution in [0.15, 0.2) is 69.6 Å². The lowest BCUT2D eigenvalue weighted by Gasteiger charge is -2.25. The van der Waals surface area contributed by atoms with Crippen molar-refractivity contribution in [2.45, 2.75) is 26.8 Å². The fraction of sp³-hybridized carbons (Fsp3) is 0.231. The number of hydrogen-bond acceptors (Lipinski definition) is 8. The highest BCUT2D eigenvalue weighted by Gasteiger charge is 2.34. The first-order chi connectivity index (χ1) is 16.8. The number of carbonyl (C=O) groups excluding carboxylic acids is 2. The first-order valence-electron chi connectivity index (χ1n) is 10.9. The van der Waals surface area contributed by atoms with Crippen LogP contribution in [0.3, 0.4) is 0 Å². The van der Waals surface area contributed by atoms with Crippen LogP contribution < -0.4 is 24.4 Å². The van der Waals surface area contributed by atoms with Gasteiger partial charge in [0.2, 0.25) is 0 Å². The third-order valence-corrected chi connectivity index (χ3v) is 6.35. The van der Waals surface area contributed by atoms with Crippen molar-refractivity contribution in [2.75, 3.05) is 13.7 Å². The van der Waals surface area contributed by atoms with E-state index in [0.717, 1.165) is 5.56 Å². The van der Waals surface area contributed by atoms with E-state index >= 15 is 0 Å². The molecule has 35 heavy (non-hydrogen) atoms. The number of carbonyl (C=O) groups is 2. The number of hydrogen-bond donors (Lipinski definition) is 0. The highest BCUT2D eigenvalue weighted by atomic mass is 32.1. The van der Waals surface area contributed by atoms with Crippen molar-refractivity contribution in [3.05, 3.63) is 90.6 Å². The van der Waals surface area contributed by atoms with E-state index in [0.29, 0.717) is 26.3 Å². The van der Waals surface area contributed by atoms with Gasteiger partial charge in [-0.1, -0.05) is 47.7 Å². The van der Waals surface area contributed by atoms with Gasteiger partial charge in [0, 0.05) is 6.92 Å². The lowest BCUT2D eigenvalue weighted by Crippen LogP contribution is -2.40.